The number of aryl methyl sites for hydroxylation is 2. The van der Waals surface area contributed by atoms with Gasteiger partial charge in [0.15, 0.2) is 9.70 Å². The van der Waals surface area contributed by atoms with Crippen LogP contribution < -0.4 is 0 Å². The van der Waals surface area contributed by atoms with Gasteiger partial charge in [0, 0.05) is 11.1 Å². The minimum absolute atomic E-state index is 0.141. The lowest BCUT2D eigenvalue weighted by atomic mass is 9.88. The molecular weight excluding hydrogens is 346 g/mol. The number of thiazole rings is 1. The predicted molar refractivity (Wildman–Crippen MR) is 89.2 cm³/mol. The molecule has 0 saturated heterocycles. The monoisotopic (exact) mass is 357 g/mol. The summed E-state index contributed by atoms with van der Waals surface area (Å²) in [6, 6.07) is 12.1. The Morgan fingerprint density at radius 1 is 1.05 bits per heavy atom. The van der Waals surface area contributed by atoms with Gasteiger partial charge in [-0.25, -0.2) is 4.98 Å². The SMILES string of the molecule is O=C1c2ccccc2CCCc2ccc3nc(Br)sc3c21. The van der Waals surface area contributed by atoms with E-state index in [1.807, 2.05) is 24.3 Å². The van der Waals surface area contributed by atoms with Crippen molar-refractivity contribution in [2.45, 2.75) is 19.3 Å². The molecule has 0 amide bonds. The smallest absolute Gasteiger partial charge is 0.195 e. The third-order valence-corrected chi connectivity index (χ3v) is 5.54. The van der Waals surface area contributed by atoms with E-state index in [1.165, 1.54) is 0 Å². The number of ketones is 1. The Kier molecular flexibility index (Phi) is 3.16. The molecule has 0 N–H and O–H groups in total. The molecule has 104 valence electrons. The van der Waals surface area contributed by atoms with Crippen LogP contribution in [0.4, 0.5) is 0 Å². The minimum atomic E-state index is 0.141. The van der Waals surface area contributed by atoms with E-state index >= 15 is 0 Å². The van der Waals surface area contributed by atoms with Crippen molar-refractivity contribution in [2.24, 2.45) is 0 Å². The van der Waals surface area contributed by atoms with Gasteiger partial charge in [-0.2, -0.15) is 0 Å². The van der Waals surface area contributed by atoms with Crippen molar-refractivity contribution in [3.8, 4) is 0 Å². The second-order valence-electron chi connectivity index (χ2n) is 5.25. The third kappa shape index (κ3) is 2.14. The molecule has 3 aromatic rings. The van der Waals surface area contributed by atoms with Crippen molar-refractivity contribution in [2.75, 3.05) is 0 Å². The third-order valence-electron chi connectivity index (χ3n) is 4.00. The second kappa shape index (κ2) is 5.04. The average molecular weight is 358 g/mol. The Hall–Kier alpha value is -1.52. The van der Waals surface area contributed by atoms with Gasteiger partial charge in [-0.1, -0.05) is 30.3 Å². The fourth-order valence-electron chi connectivity index (χ4n) is 3.03. The Morgan fingerprint density at radius 2 is 1.86 bits per heavy atom. The van der Waals surface area contributed by atoms with Gasteiger partial charge in [-0.3, -0.25) is 4.79 Å². The first kappa shape index (κ1) is 13.2. The van der Waals surface area contributed by atoms with Crippen LogP contribution in [0.25, 0.3) is 10.2 Å². The first-order valence-corrected chi connectivity index (χ1v) is 8.55. The van der Waals surface area contributed by atoms with Crippen LogP contribution in [0.1, 0.15) is 33.5 Å². The van der Waals surface area contributed by atoms with E-state index in [1.54, 1.807) is 11.3 Å². The lowest BCUT2D eigenvalue weighted by Crippen LogP contribution is -2.12. The molecule has 0 unspecified atom stereocenters. The van der Waals surface area contributed by atoms with Crippen molar-refractivity contribution >= 4 is 43.3 Å². The van der Waals surface area contributed by atoms with Crippen LogP contribution in [0.15, 0.2) is 40.3 Å². The summed E-state index contributed by atoms with van der Waals surface area (Å²) in [5.41, 5.74) is 4.90. The van der Waals surface area contributed by atoms with Crippen LogP contribution in [0, 0.1) is 0 Å². The van der Waals surface area contributed by atoms with Gasteiger partial charge in [0.2, 0.25) is 0 Å². The predicted octanol–water partition coefficient (Wildman–Crippen LogP) is 4.78. The van der Waals surface area contributed by atoms with Gasteiger partial charge in [0.1, 0.15) is 0 Å². The fourth-order valence-corrected chi connectivity index (χ4v) is 4.56. The van der Waals surface area contributed by atoms with Crippen LogP contribution in [0.5, 0.6) is 0 Å². The molecule has 0 bridgehead atoms. The Bertz CT molecular complexity index is 868. The molecule has 1 aromatic heterocycles. The molecule has 0 aliphatic heterocycles. The maximum atomic E-state index is 13.1. The van der Waals surface area contributed by atoms with Crippen LogP contribution in [-0.4, -0.2) is 10.8 Å². The normalized spacial score (nSPS) is 14.4. The van der Waals surface area contributed by atoms with Crippen molar-refractivity contribution in [1.29, 1.82) is 0 Å². The summed E-state index contributed by atoms with van der Waals surface area (Å²) >= 11 is 4.98. The minimum Gasteiger partial charge on any atom is -0.289 e. The van der Waals surface area contributed by atoms with E-state index in [-0.39, 0.29) is 5.78 Å². The number of halogens is 1. The lowest BCUT2D eigenvalue weighted by Gasteiger charge is -2.16. The van der Waals surface area contributed by atoms with Crippen molar-refractivity contribution in [3.05, 3.63) is 62.6 Å². The summed E-state index contributed by atoms with van der Waals surface area (Å²) in [7, 11) is 0. The molecule has 0 spiro atoms. The number of carbonyl (C=O) groups is 1. The van der Waals surface area contributed by atoms with E-state index in [0.29, 0.717) is 0 Å². The number of hydrogen-bond acceptors (Lipinski definition) is 3. The number of hydrogen-bond donors (Lipinski definition) is 0. The maximum Gasteiger partial charge on any atom is 0.195 e. The average Bonchev–Trinajstić information content (AvgIpc) is 2.85. The molecule has 1 aliphatic carbocycles. The largest absolute Gasteiger partial charge is 0.289 e. The van der Waals surface area contributed by atoms with Crippen LogP contribution in [0.3, 0.4) is 0 Å². The summed E-state index contributed by atoms with van der Waals surface area (Å²) in [6.45, 7) is 0. The van der Waals surface area contributed by atoms with Crippen LogP contribution in [0.2, 0.25) is 0 Å². The highest BCUT2D eigenvalue weighted by Gasteiger charge is 2.23. The fraction of sp³-hybridized carbons (Fsp3) is 0.176. The number of fused-ring (bicyclic) bond motifs is 4. The van der Waals surface area contributed by atoms with Crippen LogP contribution in [-0.2, 0) is 12.8 Å². The van der Waals surface area contributed by atoms with Crippen molar-refractivity contribution < 1.29 is 4.79 Å². The molecule has 0 atom stereocenters. The highest BCUT2D eigenvalue weighted by molar-refractivity contribution is 9.11. The molecule has 21 heavy (non-hydrogen) atoms. The van der Waals surface area contributed by atoms with E-state index in [0.717, 1.165) is 55.6 Å². The lowest BCUT2D eigenvalue weighted by molar-refractivity contribution is 0.103. The standard InChI is InChI=1S/C17H12BrNOS/c18-17-19-13-9-8-11-6-3-5-10-4-1-2-7-12(10)15(20)14(11)16(13)21-17/h1-2,4,7-9H,3,5-6H2. The summed E-state index contributed by atoms with van der Waals surface area (Å²) in [6.07, 6.45) is 2.98. The highest BCUT2D eigenvalue weighted by atomic mass is 79.9. The number of carbonyl (C=O) groups excluding carboxylic acids is 1. The van der Waals surface area contributed by atoms with Gasteiger partial charge in [-0.15, -0.1) is 11.3 Å². The molecule has 1 heterocycles. The maximum absolute atomic E-state index is 13.1. The summed E-state index contributed by atoms with van der Waals surface area (Å²) in [4.78, 5) is 17.5. The zero-order valence-electron chi connectivity index (χ0n) is 11.2. The summed E-state index contributed by atoms with van der Waals surface area (Å²) in [5, 5.41) is 0. The van der Waals surface area contributed by atoms with Crippen LogP contribution >= 0.6 is 27.3 Å². The number of benzene rings is 2. The van der Waals surface area contributed by atoms with E-state index < -0.39 is 0 Å². The van der Waals surface area contributed by atoms with Crippen molar-refractivity contribution in [1.82, 2.24) is 4.98 Å². The summed E-state index contributed by atoms with van der Waals surface area (Å²) in [5.74, 6) is 0.141. The first-order valence-electron chi connectivity index (χ1n) is 6.94. The molecule has 4 heteroatoms. The zero-order valence-corrected chi connectivity index (χ0v) is 13.6. The van der Waals surface area contributed by atoms with Gasteiger partial charge < -0.3 is 0 Å². The van der Waals surface area contributed by atoms with E-state index in [9.17, 15) is 4.79 Å². The molecule has 4 rings (SSSR count). The molecule has 2 nitrogen and oxygen atoms in total. The topological polar surface area (TPSA) is 30.0 Å². The molecule has 2 aromatic carbocycles. The zero-order chi connectivity index (χ0) is 14.4. The Labute approximate surface area is 135 Å². The Balaban J connectivity index is 2.03. The Morgan fingerprint density at radius 3 is 2.76 bits per heavy atom. The molecule has 0 fully saturated rings. The van der Waals surface area contributed by atoms with E-state index in [2.05, 4.69) is 33.0 Å². The van der Waals surface area contributed by atoms with Crippen molar-refractivity contribution in [3.63, 3.8) is 0 Å². The molecular formula is C17H12BrNOS. The van der Waals surface area contributed by atoms with Gasteiger partial charge in [0.05, 0.1) is 10.2 Å². The summed E-state index contributed by atoms with van der Waals surface area (Å²) < 4.78 is 1.83. The molecule has 0 saturated carbocycles. The molecule has 1 aliphatic rings. The first-order chi connectivity index (χ1) is 10.2. The number of nitrogens with zero attached hydrogens (tertiary/aromatic N) is 1. The molecule has 0 radical (unpaired) electrons. The van der Waals surface area contributed by atoms with Gasteiger partial charge in [0.25, 0.3) is 0 Å². The number of rotatable bonds is 0. The van der Waals surface area contributed by atoms with E-state index in [4.69, 9.17) is 0 Å². The highest BCUT2D eigenvalue weighted by Crippen LogP contribution is 2.34. The van der Waals surface area contributed by atoms with Gasteiger partial charge >= 0.3 is 0 Å². The number of aromatic nitrogens is 1. The second-order valence-corrected chi connectivity index (χ2v) is 7.53. The van der Waals surface area contributed by atoms with Gasteiger partial charge in [-0.05, 0) is 52.4 Å². The quantitative estimate of drug-likeness (QED) is 0.579.